The van der Waals surface area contributed by atoms with Gasteiger partial charge in [-0.2, -0.15) is 0 Å². The van der Waals surface area contributed by atoms with Crippen molar-refractivity contribution in [2.45, 2.75) is 6.54 Å². The third-order valence-corrected chi connectivity index (χ3v) is 3.48. The first-order valence-electron chi connectivity index (χ1n) is 4.76. The lowest BCUT2D eigenvalue weighted by molar-refractivity contribution is 0.102. The van der Waals surface area contributed by atoms with Crippen molar-refractivity contribution in [1.82, 2.24) is 9.97 Å². The molecule has 0 aliphatic carbocycles. The van der Waals surface area contributed by atoms with Crippen LogP contribution in [0.4, 0.5) is 5.69 Å². The van der Waals surface area contributed by atoms with Crippen molar-refractivity contribution < 1.29 is 4.79 Å². The lowest BCUT2D eigenvalue weighted by Gasteiger charge is -2.04. The summed E-state index contributed by atoms with van der Waals surface area (Å²) >= 11 is 4.67. The monoisotopic (exact) mass is 312 g/mol. The standard InChI is InChI=1S/C10H9BrN4OS/c11-6-4-13-2-1-7(6)15-10(16)8-5-17-9(3-12)14-8/h1-2,4-5H,3,12H2,(H,13,15,16). The number of nitrogens with zero attached hydrogens (tertiary/aromatic N) is 2. The van der Waals surface area contributed by atoms with Crippen LogP contribution in [0.1, 0.15) is 15.5 Å². The molecule has 7 heteroatoms. The summed E-state index contributed by atoms with van der Waals surface area (Å²) in [5, 5.41) is 5.17. The van der Waals surface area contributed by atoms with Crippen LogP contribution in [0.15, 0.2) is 28.3 Å². The minimum atomic E-state index is -0.257. The summed E-state index contributed by atoms with van der Waals surface area (Å²) in [5.74, 6) is -0.257. The largest absolute Gasteiger partial charge is 0.325 e. The second-order valence-corrected chi connectivity index (χ2v) is 4.94. The normalized spacial score (nSPS) is 10.2. The highest BCUT2D eigenvalue weighted by atomic mass is 79.9. The van der Waals surface area contributed by atoms with Gasteiger partial charge in [0.15, 0.2) is 0 Å². The van der Waals surface area contributed by atoms with E-state index in [9.17, 15) is 4.79 Å². The molecule has 0 aliphatic heterocycles. The lowest BCUT2D eigenvalue weighted by Crippen LogP contribution is -2.13. The Morgan fingerprint density at radius 2 is 2.41 bits per heavy atom. The van der Waals surface area contributed by atoms with Gasteiger partial charge >= 0.3 is 0 Å². The van der Waals surface area contributed by atoms with Gasteiger partial charge in [-0.15, -0.1) is 11.3 Å². The third kappa shape index (κ3) is 2.87. The molecular weight excluding hydrogens is 304 g/mol. The van der Waals surface area contributed by atoms with Crippen LogP contribution >= 0.6 is 27.3 Å². The number of amides is 1. The zero-order valence-electron chi connectivity index (χ0n) is 8.68. The molecule has 0 unspecified atom stereocenters. The molecule has 0 aromatic carbocycles. The lowest BCUT2D eigenvalue weighted by atomic mass is 10.3. The van der Waals surface area contributed by atoms with E-state index in [2.05, 4.69) is 31.2 Å². The minimum Gasteiger partial charge on any atom is -0.325 e. The number of anilines is 1. The van der Waals surface area contributed by atoms with Gasteiger partial charge in [-0.25, -0.2) is 4.98 Å². The fourth-order valence-corrected chi connectivity index (χ4v) is 2.18. The maximum atomic E-state index is 11.8. The first kappa shape index (κ1) is 12.2. The second-order valence-electron chi connectivity index (χ2n) is 3.14. The Labute approximate surface area is 110 Å². The molecule has 0 atom stereocenters. The van der Waals surface area contributed by atoms with E-state index in [4.69, 9.17) is 5.73 Å². The quantitative estimate of drug-likeness (QED) is 0.908. The molecule has 1 amide bonds. The highest BCUT2D eigenvalue weighted by Crippen LogP contribution is 2.21. The van der Waals surface area contributed by atoms with Crippen molar-refractivity contribution in [3.63, 3.8) is 0 Å². The Morgan fingerprint density at radius 1 is 1.59 bits per heavy atom. The molecular formula is C10H9BrN4OS. The van der Waals surface area contributed by atoms with Gasteiger partial charge < -0.3 is 11.1 Å². The van der Waals surface area contributed by atoms with Gasteiger partial charge in [0.1, 0.15) is 10.7 Å². The molecule has 0 bridgehead atoms. The van der Waals surface area contributed by atoms with Gasteiger partial charge in [0.25, 0.3) is 5.91 Å². The van der Waals surface area contributed by atoms with E-state index in [1.54, 1.807) is 23.8 Å². The van der Waals surface area contributed by atoms with E-state index in [0.717, 1.165) is 9.48 Å². The Bertz CT molecular complexity index is 543. The number of rotatable bonds is 3. The predicted molar refractivity (Wildman–Crippen MR) is 69.9 cm³/mol. The summed E-state index contributed by atoms with van der Waals surface area (Å²) < 4.78 is 0.725. The fraction of sp³-hybridized carbons (Fsp3) is 0.100. The zero-order valence-corrected chi connectivity index (χ0v) is 11.1. The highest BCUT2D eigenvalue weighted by molar-refractivity contribution is 9.10. The van der Waals surface area contributed by atoms with Crippen LogP contribution in [0.2, 0.25) is 0 Å². The van der Waals surface area contributed by atoms with Gasteiger partial charge in [0.05, 0.1) is 10.2 Å². The molecule has 0 saturated carbocycles. The average Bonchev–Trinajstić information content (AvgIpc) is 2.81. The Balaban J connectivity index is 2.14. The summed E-state index contributed by atoms with van der Waals surface area (Å²) in [5.41, 5.74) is 6.47. The van der Waals surface area contributed by atoms with Gasteiger partial charge in [-0.3, -0.25) is 9.78 Å². The van der Waals surface area contributed by atoms with Crippen molar-refractivity contribution in [3.05, 3.63) is 39.0 Å². The summed E-state index contributed by atoms with van der Waals surface area (Å²) in [4.78, 5) is 19.9. The molecule has 5 nitrogen and oxygen atoms in total. The molecule has 2 rings (SSSR count). The van der Waals surface area contributed by atoms with Crippen molar-refractivity contribution in [3.8, 4) is 0 Å². The molecule has 3 N–H and O–H groups in total. The zero-order chi connectivity index (χ0) is 12.3. The number of carbonyl (C=O) groups excluding carboxylic acids is 1. The van der Waals surface area contributed by atoms with Crippen molar-refractivity contribution in [2.24, 2.45) is 5.73 Å². The number of nitrogens with two attached hydrogens (primary N) is 1. The Kier molecular flexibility index (Phi) is 3.82. The molecule has 2 aromatic rings. The highest BCUT2D eigenvalue weighted by Gasteiger charge is 2.11. The average molecular weight is 313 g/mol. The topological polar surface area (TPSA) is 80.9 Å². The predicted octanol–water partition coefficient (Wildman–Crippen LogP) is 2.01. The first-order valence-corrected chi connectivity index (χ1v) is 6.43. The van der Waals surface area contributed by atoms with Crippen LogP contribution < -0.4 is 11.1 Å². The smallest absolute Gasteiger partial charge is 0.275 e. The van der Waals surface area contributed by atoms with Gasteiger partial charge in [0.2, 0.25) is 0 Å². The maximum absolute atomic E-state index is 11.8. The molecule has 0 spiro atoms. The van der Waals surface area contributed by atoms with E-state index in [0.29, 0.717) is 17.9 Å². The molecule has 0 aliphatic rings. The van der Waals surface area contributed by atoms with Crippen LogP contribution in [0.25, 0.3) is 0 Å². The van der Waals surface area contributed by atoms with Crippen LogP contribution in [0, 0.1) is 0 Å². The van der Waals surface area contributed by atoms with Crippen LogP contribution in [0.5, 0.6) is 0 Å². The number of carbonyl (C=O) groups is 1. The second kappa shape index (κ2) is 5.35. The van der Waals surface area contributed by atoms with Crippen molar-refractivity contribution in [2.75, 3.05) is 5.32 Å². The Hall–Kier alpha value is -1.31. The number of halogens is 1. The number of hydrogen-bond donors (Lipinski definition) is 2. The van der Waals surface area contributed by atoms with Crippen LogP contribution in [-0.4, -0.2) is 15.9 Å². The first-order chi connectivity index (χ1) is 8.20. The molecule has 0 fully saturated rings. The summed E-state index contributed by atoms with van der Waals surface area (Å²) in [6.45, 7) is 0.344. The number of pyridine rings is 1. The molecule has 88 valence electrons. The minimum absolute atomic E-state index is 0.257. The number of thiazole rings is 1. The van der Waals surface area contributed by atoms with E-state index in [-0.39, 0.29) is 5.91 Å². The van der Waals surface area contributed by atoms with Crippen molar-refractivity contribution >= 4 is 38.9 Å². The third-order valence-electron chi connectivity index (χ3n) is 1.98. The number of aromatic nitrogens is 2. The van der Waals surface area contributed by atoms with Gasteiger partial charge in [-0.05, 0) is 22.0 Å². The summed E-state index contributed by atoms with van der Waals surface area (Å²) in [6.07, 6.45) is 3.22. The van der Waals surface area contributed by atoms with Crippen LogP contribution in [-0.2, 0) is 6.54 Å². The molecule has 2 aromatic heterocycles. The van der Waals surface area contributed by atoms with E-state index >= 15 is 0 Å². The van der Waals surface area contributed by atoms with Crippen LogP contribution in [0.3, 0.4) is 0 Å². The Morgan fingerprint density at radius 3 is 3.06 bits per heavy atom. The van der Waals surface area contributed by atoms with E-state index in [1.165, 1.54) is 11.3 Å². The summed E-state index contributed by atoms with van der Waals surface area (Å²) in [7, 11) is 0. The summed E-state index contributed by atoms with van der Waals surface area (Å²) in [6, 6.07) is 1.71. The molecule has 0 radical (unpaired) electrons. The fourth-order valence-electron chi connectivity index (χ4n) is 1.17. The SMILES string of the molecule is NCc1nc(C(=O)Nc2ccncc2Br)cs1. The molecule has 0 saturated heterocycles. The molecule has 2 heterocycles. The maximum Gasteiger partial charge on any atom is 0.275 e. The van der Waals surface area contributed by atoms with E-state index < -0.39 is 0 Å². The van der Waals surface area contributed by atoms with Gasteiger partial charge in [0, 0.05) is 24.3 Å². The van der Waals surface area contributed by atoms with E-state index in [1.807, 2.05) is 0 Å². The molecule has 17 heavy (non-hydrogen) atoms. The van der Waals surface area contributed by atoms with Crippen molar-refractivity contribution in [1.29, 1.82) is 0 Å². The number of hydrogen-bond acceptors (Lipinski definition) is 5. The van der Waals surface area contributed by atoms with Gasteiger partial charge in [-0.1, -0.05) is 0 Å². The number of nitrogens with one attached hydrogen (secondary N) is 1.